The Kier molecular flexibility index (Phi) is 7.41. The molecule has 0 saturated carbocycles. The maximum Gasteiger partial charge on any atom is 0.283 e. The molecule has 2 aromatic heterocycles. The Morgan fingerprint density at radius 2 is 2.06 bits per heavy atom. The number of sulfonamides is 1. The van der Waals surface area contributed by atoms with E-state index in [1.807, 2.05) is 0 Å². The maximum atomic E-state index is 13.4. The molecule has 1 saturated heterocycles. The van der Waals surface area contributed by atoms with Crippen LogP contribution in [-0.4, -0.2) is 78.7 Å². The van der Waals surface area contributed by atoms with Crippen LogP contribution in [0.25, 0.3) is 10.9 Å². The number of aromatic nitrogens is 2. The van der Waals surface area contributed by atoms with E-state index in [0.29, 0.717) is 27.5 Å². The smallest absolute Gasteiger partial charge is 0.283 e. The topological polar surface area (TPSA) is 128 Å². The molecular formula is C21H24Cl2N6O4S2. The molecule has 2 aliphatic rings. The summed E-state index contributed by atoms with van der Waals surface area (Å²) in [6, 6.07) is 5.62. The minimum absolute atomic E-state index is 0. The maximum absolute atomic E-state index is 13.4. The summed E-state index contributed by atoms with van der Waals surface area (Å²) in [4.78, 5) is 35.9. The Hall–Kier alpha value is -2.22. The highest BCUT2D eigenvalue weighted by atomic mass is 35.5. The number of nitrogens with one attached hydrogen (secondary N) is 3. The number of carbonyl (C=O) groups excluding carboxylic acids is 2. The lowest BCUT2D eigenvalue weighted by Crippen LogP contribution is -2.61. The molecule has 4 heterocycles. The molecule has 35 heavy (non-hydrogen) atoms. The first kappa shape index (κ1) is 25.9. The Morgan fingerprint density at radius 1 is 1.26 bits per heavy atom. The van der Waals surface area contributed by atoms with Gasteiger partial charge in [-0.15, -0.1) is 23.7 Å². The number of hydrogen-bond acceptors (Lipinski definition) is 7. The molecule has 1 fully saturated rings. The van der Waals surface area contributed by atoms with Gasteiger partial charge in [0.1, 0.15) is 11.1 Å². The van der Waals surface area contributed by atoms with E-state index in [1.165, 1.54) is 33.7 Å². The summed E-state index contributed by atoms with van der Waals surface area (Å²) in [5.41, 5.74) is 1.55. The highest BCUT2D eigenvalue weighted by Crippen LogP contribution is 2.28. The zero-order valence-electron chi connectivity index (χ0n) is 18.7. The number of benzene rings is 1. The summed E-state index contributed by atoms with van der Waals surface area (Å²) in [6.07, 6.45) is 0.750. The molecule has 0 radical (unpaired) electrons. The van der Waals surface area contributed by atoms with Crippen molar-refractivity contribution in [2.75, 3.05) is 33.2 Å². The van der Waals surface area contributed by atoms with Crippen LogP contribution in [0.2, 0.25) is 5.02 Å². The second kappa shape index (κ2) is 10.0. The molecule has 0 spiro atoms. The van der Waals surface area contributed by atoms with Crippen LogP contribution in [0.1, 0.15) is 20.4 Å². The van der Waals surface area contributed by atoms with Crippen molar-refractivity contribution in [2.45, 2.75) is 24.0 Å². The number of thiazole rings is 1. The predicted octanol–water partition coefficient (Wildman–Crippen LogP) is 1.61. The van der Waals surface area contributed by atoms with E-state index in [0.717, 1.165) is 23.5 Å². The van der Waals surface area contributed by atoms with Crippen LogP contribution < -0.4 is 10.6 Å². The van der Waals surface area contributed by atoms with Crippen LogP contribution in [0, 0.1) is 0 Å². The Bertz CT molecular complexity index is 1370. The first-order chi connectivity index (χ1) is 16.3. The SMILES string of the molecule is CNC(=O)C1CN(S(=O)(=O)c2cc3cc(Cl)ccc3[nH]2)CCN1C(=O)c1nc2c(s1)CNCC2.Cl. The fourth-order valence-electron chi connectivity index (χ4n) is 4.31. The molecule has 188 valence electrons. The minimum Gasteiger partial charge on any atom is -0.357 e. The molecule has 1 unspecified atom stereocenters. The highest BCUT2D eigenvalue weighted by molar-refractivity contribution is 7.89. The number of H-pyrrole nitrogens is 1. The van der Waals surface area contributed by atoms with Gasteiger partial charge < -0.3 is 20.5 Å². The molecule has 14 heteroatoms. The molecular weight excluding hydrogens is 535 g/mol. The van der Waals surface area contributed by atoms with Gasteiger partial charge in [0.25, 0.3) is 15.9 Å². The fourth-order valence-corrected chi connectivity index (χ4v) is 6.97. The first-order valence-corrected chi connectivity index (χ1v) is 13.4. The van der Waals surface area contributed by atoms with Gasteiger partial charge in [-0.25, -0.2) is 13.4 Å². The van der Waals surface area contributed by atoms with Gasteiger partial charge in [-0.2, -0.15) is 4.31 Å². The Morgan fingerprint density at radius 3 is 2.80 bits per heavy atom. The number of fused-ring (bicyclic) bond motifs is 2. The summed E-state index contributed by atoms with van der Waals surface area (Å²) in [5, 5.41) is 7.33. The largest absolute Gasteiger partial charge is 0.357 e. The lowest BCUT2D eigenvalue weighted by Gasteiger charge is -2.39. The number of hydrogen-bond donors (Lipinski definition) is 3. The molecule has 10 nitrogen and oxygen atoms in total. The van der Waals surface area contributed by atoms with E-state index in [9.17, 15) is 18.0 Å². The van der Waals surface area contributed by atoms with Crippen molar-refractivity contribution in [2.24, 2.45) is 0 Å². The monoisotopic (exact) mass is 558 g/mol. The van der Waals surface area contributed by atoms with Gasteiger partial charge in [-0.1, -0.05) is 11.6 Å². The lowest BCUT2D eigenvalue weighted by molar-refractivity contribution is -0.126. The average molecular weight is 560 g/mol. The molecule has 1 aromatic carbocycles. The van der Waals surface area contributed by atoms with Crippen molar-refractivity contribution < 1.29 is 18.0 Å². The number of piperazine rings is 1. The number of aromatic amines is 1. The van der Waals surface area contributed by atoms with E-state index in [2.05, 4.69) is 20.6 Å². The number of carbonyl (C=O) groups is 2. The third-order valence-corrected chi connectivity index (χ3v) is 9.22. The van der Waals surface area contributed by atoms with Gasteiger partial charge >= 0.3 is 0 Å². The molecule has 2 amide bonds. The van der Waals surface area contributed by atoms with Crippen LogP contribution >= 0.6 is 35.3 Å². The quantitative estimate of drug-likeness (QED) is 0.446. The predicted molar refractivity (Wildman–Crippen MR) is 136 cm³/mol. The lowest BCUT2D eigenvalue weighted by atomic mass is 10.1. The molecule has 3 aromatic rings. The number of amides is 2. The van der Waals surface area contributed by atoms with Crippen LogP contribution in [0.4, 0.5) is 0 Å². The van der Waals surface area contributed by atoms with Gasteiger partial charge in [0.05, 0.1) is 5.69 Å². The van der Waals surface area contributed by atoms with E-state index >= 15 is 0 Å². The summed E-state index contributed by atoms with van der Waals surface area (Å²) in [5.74, 6) is -0.787. The molecule has 0 bridgehead atoms. The summed E-state index contributed by atoms with van der Waals surface area (Å²) >= 11 is 7.35. The molecule has 0 aliphatic carbocycles. The summed E-state index contributed by atoms with van der Waals surface area (Å²) in [6.45, 7) is 1.45. The Balaban J connectivity index is 0.00000289. The third kappa shape index (κ3) is 4.78. The highest BCUT2D eigenvalue weighted by Gasteiger charge is 2.41. The number of likely N-dealkylation sites (N-methyl/N-ethyl adjacent to an activating group) is 1. The second-order valence-electron chi connectivity index (χ2n) is 8.17. The van der Waals surface area contributed by atoms with E-state index < -0.39 is 22.0 Å². The zero-order valence-corrected chi connectivity index (χ0v) is 21.9. The van der Waals surface area contributed by atoms with Gasteiger partial charge in [0, 0.05) is 67.0 Å². The zero-order chi connectivity index (χ0) is 24.0. The van der Waals surface area contributed by atoms with E-state index in [-0.39, 0.29) is 43.0 Å². The number of halogens is 2. The van der Waals surface area contributed by atoms with E-state index in [4.69, 9.17) is 11.6 Å². The van der Waals surface area contributed by atoms with Crippen molar-refractivity contribution in [1.82, 2.24) is 29.8 Å². The standard InChI is InChI=1S/C21H23ClN6O4S2.ClH/c1-23-19(29)16-11-27(34(31,32)18-9-12-8-13(22)2-3-14(12)25-18)6-7-28(16)21(30)20-26-15-4-5-24-10-17(15)33-20;/h2-3,8-9,16,24-25H,4-7,10-11H2,1H3,(H,23,29);1H. The third-order valence-electron chi connectivity index (χ3n) is 6.11. The molecule has 1 atom stereocenters. The van der Waals surface area contributed by atoms with Gasteiger partial charge in [-0.3, -0.25) is 9.59 Å². The van der Waals surface area contributed by atoms with Crippen molar-refractivity contribution in [3.05, 3.63) is 44.9 Å². The van der Waals surface area contributed by atoms with Crippen LogP contribution in [0.15, 0.2) is 29.3 Å². The normalized spacial score (nSPS) is 18.7. The first-order valence-electron chi connectivity index (χ1n) is 10.8. The van der Waals surface area contributed by atoms with Crippen LogP contribution in [0.3, 0.4) is 0 Å². The van der Waals surface area contributed by atoms with Crippen molar-refractivity contribution >= 4 is 68.1 Å². The van der Waals surface area contributed by atoms with Crippen molar-refractivity contribution in [3.63, 3.8) is 0 Å². The summed E-state index contributed by atoms with van der Waals surface area (Å²) in [7, 11) is -2.47. The number of rotatable bonds is 4. The minimum atomic E-state index is -3.93. The number of nitrogens with zero attached hydrogens (tertiary/aromatic N) is 3. The second-order valence-corrected chi connectivity index (χ2v) is 11.6. The van der Waals surface area contributed by atoms with Crippen molar-refractivity contribution in [1.29, 1.82) is 0 Å². The van der Waals surface area contributed by atoms with Crippen LogP contribution in [0.5, 0.6) is 0 Å². The van der Waals surface area contributed by atoms with Crippen molar-refractivity contribution in [3.8, 4) is 0 Å². The van der Waals surface area contributed by atoms with Gasteiger partial charge in [0.2, 0.25) is 5.91 Å². The Labute approximate surface area is 217 Å². The molecule has 2 aliphatic heterocycles. The molecule has 5 rings (SSSR count). The molecule has 3 N–H and O–H groups in total. The van der Waals surface area contributed by atoms with E-state index in [1.54, 1.807) is 18.2 Å². The van der Waals surface area contributed by atoms with Gasteiger partial charge in [-0.05, 0) is 24.3 Å². The average Bonchev–Trinajstić information content (AvgIpc) is 3.47. The van der Waals surface area contributed by atoms with Crippen LogP contribution in [-0.2, 0) is 27.8 Å². The summed E-state index contributed by atoms with van der Waals surface area (Å²) < 4.78 is 28.0. The van der Waals surface area contributed by atoms with Gasteiger partial charge in [0.15, 0.2) is 5.01 Å². The fraction of sp³-hybridized carbons (Fsp3) is 0.381.